The van der Waals surface area contributed by atoms with Crippen LogP contribution < -0.4 is 4.57 Å². The molecule has 0 bridgehead atoms. The number of benzene rings is 2. The monoisotopic (exact) mass is 374 g/mol. The van der Waals surface area contributed by atoms with Crippen molar-refractivity contribution in [1.82, 2.24) is 0 Å². The van der Waals surface area contributed by atoms with Crippen LogP contribution in [0.4, 0.5) is 0 Å². The molecule has 0 aliphatic rings. The Bertz CT molecular complexity index is 953. The summed E-state index contributed by atoms with van der Waals surface area (Å²) in [5, 5.41) is 0.387. The number of pyridine rings is 1. The van der Waals surface area contributed by atoms with E-state index >= 15 is 0 Å². The molecule has 27 heavy (non-hydrogen) atoms. The molecule has 1 heterocycles. The number of ketones is 1. The molecule has 0 saturated carbocycles. The number of carbonyl (C=O) groups excluding carboxylic acids is 1. The molecule has 3 nitrogen and oxygen atoms in total. The first-order valence-corrected chi connectivity index (χ1v) is 9.29. The van der Waals surface area contributed by atoms with Crippen LogP contribution in [0.2, 0.25) is 0 Å². The van der Waals surface area contributed by atoms with Gasteiger partial charge in [-0.3, -0.25) is 4.79 Å². The van der Waals surface area contributed by atoms with Crippen LogP contribution in [-0.4, -0.2) is 10.8 Å². The van der Waals surface area contributed by atoms with Gasteiger partial charge in [-0.1, -0.05) is 48.5 Å². The summed E-state index contributed by atoms with van der Waals surface area (Å²) in [5.74, 6) is -0.0453. The summed E-state index contributed by atoms with van der Waals surface area (Å²) in [6.07, 6.45) is 3.71. The molecule has 0 aliphatic carbocycles. The van der Waals surface area contributed by atoms with E-state index in [0.29, 0.717) is 17.2 Å². The third-order valence-electron chi connectivity index (χ3n) is 4.57. The van der Waals surface area contributed by atoms with Gasteiger partial charge in [-0.25, -0.2) is 0 Å². The molecule has 2 aromatic carbocycles. The van der Waals surface area contributed by atoms with Crippen molar-refractivity contribution in [2.24, 2.45) is 4.99 Å². The Morgan fingerprint density at radius 3 is 2.30 bits per heavy atom. The van der Waals surface area contributed by atoms with E-state index in [-0.39, 0.29) is 5.78 Å². The fourth-order valence-corrected chi connectivity index (χ4v) is 3.14. The van der Waals surface area contributed by atoms with E-state index < -0.39 is 6.04 Å². The summed E-state index contributed by atoms with van der Waals surface area (Å²) < 4.78 is 1.83. The summed E-state index contributed by atoms with van der Waals surface area (Å²) in [5.41, 5.74) is 3.96. The van der Waals surface area contributed by atoms with Crippen LogP contribution in [0.25, 0.3) is 0 Å². The summed E-state index contributed by atoms with van der Waals surface area (Å²) >= 11 is 5.58. The van der Waals surface area contributed by atoms with Crippen molar-refractivity contribution in [3.63, 3.8) is 0 Å². The second kappa shape index (κ2) is 8.69. The predicted molar refractivity (Wildman–Crippen MR) is 111 cm³/mol. The molecule has 0 amide bonds. The molecule has 0 fully saturated rings. The van der Waals surface area contributed by atoms with E-state index in [1.54, 1.807) is 0 Å². The standard InChI is InChI=1S/C23H22N2OS/c1-17-11-12-20(15-18(17)2)22(26)21(25-13-7-4-8-14-25)23(27)24-16-19-9-5-3-6-10-19/h3-15,21H,16H2,1-2H3/t21-/m0/s1. The number of carbonyl (C=O) groups is 1. The summed E-state index contributed by atoms with van der Waals surface area (Å²) in [4.78, 5) is 17.8. The average Bonchev–Trinajstić information content (AvgIpc) is 2.70. The zero-order chi connectivity index (χ0) is 19.2. The number of aryl methyl sites for hydroxylation is 2. The van der Waals surface area contributed by atoms with Crippen LogP contribution in [0.15, 0.2) is 84.1 Å². The van der Waals surface area contributed by atoms with Gasteiger partial charge in [0.25, 0.3) is 0 Å². The average molecular weight is 375 g/mol. The maximum Gasteiger partial charge on any atom is 0.237 e. The van der Waals surface area contributed by atoms with Crippen LogP contribution in [0.1, 0.15) is 33.1 Å². The number of Topliss-reactive ketones (excluding diaryl/α,β-unsaturated/α-hetero) is 1. The van der Waals surface area contributed by atoms with E-state index in [1.807, 2.05) is 97.5 Å². The highest BCUT2D eigenvalue weighted by molar-refractivity contribution is 7.77. The van der Waals surface area contributed by atoms with Crippen LogP contribution in [0.3, 0.4) is 0 Å². The van der Waals surface area contributed by atoms with Crippen molar-refractivity contribution in [2.45, 2.75) is 26.4 Å². The van der Waals surface area contributed by atoms with Gasteiger partial charge >= 0.3 is 0 Å². The number of aliphatic imine (C=N–C) groups is 1. The van der Waals surface area contributed by atoms with Gasteiger partial charge in [0.2, 0.25) is 11.8 Å². The van der Waals surface area contributed by atoms with Crippen molar-refractivity contribution in [3.05, 3.63) is 101 Å². The van der Waals surface area contributed by atoms with E-state index in [2.05, 4.69) is 4.99 Å². The Morgan fingerprint density at radius 2 is 1.63 bits per heavy atom. The molecule has 3 aromatic rings. The molecule has 0 aliphatic heterocycles. The molecule has 136 valence electrons. The van der Waals surface area contributed by atoms with Crippen molar-refractivity contribution < 1.29 is 9.36 Å². The van der Waals surface area contributed by atoms with Gasteiger partial charge < -0.3 is 17.6 Å². The summed E-state index contributed by atoms with van der Waals surface area (Å²) in [7, 11) is 0. The fourth-order valence-electron chi connectivity index (χ4n) is 2.85. The highest BCUT2D eigenvalue weighted by atomic mass is 32.1. The normalized spacial score (nSPS) is 12.6. The topological polar surface area (TPSA) is 33.3 Å². The van der Waals surface area contributed by atoms with Crippen LogP contribution in [0.5, 0.6) is 0 Å². The van der Waals surface area contributed by atoms with Crippen molar-refractivity contribution in [1.29, 1.82) is 0 Å². The van der Waals surface area contributed by atoms with Gasteiger partial charge in [-0.05, 0) is 41.6 Å². The van der Waals surface area contributed by atoms with Gasteiger partial charge in [-0.2, -0.15) is 4.57 Å². The maximum atomic E-state index is 13.3. The SMILES string of the molecule is Cc1ccc(C(=O)[C@@H](C([S-])=NCc2ccccc2)[n+]2ccccc2)cc1C. The lowest BCUT2D eigenvalue weighted by Crippen LogP contribution is -2.47. The smallest absolute Gasteiger partial charge is 0.237 e. The Hall–Kier alpha value is -2.85. The fraction of sp³-hybridized carbons (Fsp3) is 0.174. The lowest BCUT2D eigenvalue weighted by Gasteiger charge is -2.19. The number of hydrogen-bond acceptors (Lipinski definition) is 3. The number of nitrogens with zero attached hydrogens (tertiary/aromatic N) is 2. The predicted octanol–water partition coefficient (Wildman–Crippen LogP) is 4.16. The minimum atomic E-state index is -0.632. The van der Waals surface area contributed by atoms with Gasteiger partial charge in [0.05, 0.1) is 6.54 Å². The molecule has 0 saturated heterocycles. The van der Waals surface area contributed by atoms with Crippen LogP contribution >= 0.6 is 0 Å². The molecule has 0 radical (unpaired) electrons. The minimum Gasteiger partial charge on any atom is -0.758 e. The molecule has 3 rings (SSSR count). The molecular weight excluding hydrogens is 352 g/mol. The molecular formula is C23H22N2OS. The summed E-state index contributed by atoms with van der Waals surface area (Å²) in [6.45, 7) is 4.51. The third-order valence-corrected chi connectivity index (χ3v) is 4.92. The largest absolute Gasteiger partial charge is 0.758 e. The highest BCUT2D eigenvalue weighted by Crippen LogP contribution is 2.16. The van der Waals surface area contributed by atoms with E-state index in [4.69, 9.17) is 12.6 Å². The number of aromatic nitrogens is 1. The van der Waals surface area contributed by atoms with Crippen molar-refractivity contribution >= 4 is 23.5 Å². The molecule has 0 spiro atoms. The Morgan fingerprint density at radius 1 is 0.963 bits per heavy atom. The van der Waals surface area contributed by atoms with Crippen LogP contribution in [0, 0.1) is 13.8 Å². The molecule has 1 atom stereocenters. The van der Waals surface area contributed by atoms with E-state index in [1.165, 1.54) is 0 Å². The first-order valence-electron chi connectivity index (χ1n) is 8.89. The maximum absolute atomic E-state index is 13.3. The first-order chi connectivity index (χ1) is 13.1. The van der Waals surface area contributed by atoms with Gasteiger partial charge in [0, 0.05) is 17.7 Å². The van der Waals surface area contributed by atoms with E-state index in [9.17, 15) is 4.79 Å². The quantitative estimate of drug-likeness (QED) is 0.213. The number of rotatable bonds is 6. The zero-order valence-electron chi connectivity index (χ0n) is 15.5. The van der Waals surface area contributed by atoms with Gasteiger partial charge in [0.1, 0.15) is 0 Å². The van der Waals surface area contributed by atoms with Gasteiger partial charge in [-0.15, -0.1) is 0 Å². The van der Waals surface area contributed by atoms with Crippen molar-refractivity contribution in [2.75, 3.05) is 0 Å². The second-order valence-electron chi connectivity index (χ2n) is 6.53. The lowest BCUT2D eigenvalue weighted by atomic mass is 9.99. The van der Waals surface area contributed by atoms with E-state index in [0.717, 1.165) is 16.7 Å². The lowest BCUT2D eigenvalue weighted by molar-refractivity contribution is -0.691. The summed E-state index contributed by atoms with van der Waals surface area (Å²) in [6, 6.07) is 20.7. The van der Waals surface area contributed by atoms with Gasteiger partial charge in [0.15, 0.2) is 12.4 Å². The second-order valence-corrected chi connectivity index (χ2v) is 6.95. The Balaban J connectivity index is 1.95. The molecule has 1 aromatic heterocycles. The zero-order valence-corrected chi connectivity index (χ0v) is 16.3. The molecule has 0 unspecified atom stereocenters. The van der Waals surface area contributed by atoms with Crippen molar-refractivity contribution in [3.8, 4) is 0 Å². The van der Waals surface area contributed by atoms with Crippen LogP contribution in [-0.2, 0) is 19.2 Å². The highest BCUT2D eigenvalue weighted by Gasteiger charge is 2.28. The number of hydrogen-bond donors (Lipinski definition) is 0. The minimum absolute atomic E-state index is 0.0453. The Labute approximate surface area is 165 Å². The Kier molecular flexibility index (Phi) is 6.09. The molecule has 0 N–H and O–H groups in total. The first kappa shape index (κ1) is 18.9. The molecule has 4 heteroatoms. The third kappa shape index (κ3) is 4.66.